The fraction of sp³-hybridized carbons (Fsp3) is 1.00. The molecule has 0 aliphatic heterocycles. The van der Waals surface area contributed by atoms with E-state index in [0.29, 0.717) is 0 Å². The predicted molar refractivity (Wildman–Crippen MR) is 48.8 cm³/mol. The van der Waals surface area contributed by atoms with Crippen molar-refractivity contribution in [2.45, 2.75) is 33.1 Å². The average Bonchev–Trinajstić information content (AvgIpc) is 1.86. The summed E-state index contributed by atoms with van der Waals surface area (Å²) in [5.74, 6) is 0. The second-order valence-electron chi connectivity index (χ2n) is 1.90. The lowest BCUT2D eigenvalue weighted by Gasteiger charge is -1.86. The van der Waals surface area contributed by atoms with Gasteiger partial charge in [-0.05, 0) is 19.1 Å². The number of nitrogens with two attached hydrogens (primary N) is 1. The van der Waals surface area contributed by atoms with Gasteiger partial charge in [0, 0.05) is 0 Å². The van der Waals surface area contributed by atoms with Crippen molar-refractivity contribution in [2.24, 2.45) is 5.73 Å². The van der Waals surface area contributed by atoms with Crippen LogP contribution < -0.4 is 5.73 Å². The fourth-order valence-electron chi connectivity index (χ4n) is 0.394. The number of rotatable bonds is 3. The summed E-state index contributed by atoms with van der Waals surface area (Å²) in [6, 6.07) is 0. The summed E-state index contributed by atoms with van der Waals surface area (Å²) in [4.78, 5) is 0. The molecule has 1 unspecified atom stereocenters. The second kappa shape index (κ2) is 15.8. The molecule has 0 heterocycles. The average molecular weight is 149 g/mol. The molecule has 1 nitrogen and oxygen atoms in total. The van der Waals surface area contributed by atoms with E-state index in [9.17, 15) is 0 Å². The molecule has 9 heavy (non-hydrogen) atoms. The molecule has 0 aromatic rings. The minimum atomic E-state index is 0.855. The van der Waals surface area contributed by atoms with Gasteiger partial charge in [-0.25, -0.2) is 0 Å². The standard InChI is InChI=1S/C5H13N.C2H7P/c1-2-3-4-5-6;1-2-3/h2-6H2,1H3;2-3H2,1H3. The summed E-state index contributed by atoms with van der Waals surface area (Å²) in [6.07, 6.45) is 4.92. The largest absolute Gasteiger partial charge is 0.330 e. The molecule has 2 N–H and O–H groups in total. The van der Waals surface area contributed by atoms with Gasteiger partial charge < -0.3 is 5.73 Å². The first-order valence-electron chi connectivity index (χ1n) is 3.73. The van der Waals surface area contributed by atoms with Crippen LogP contribution in [0.1, 0.15) is 33.1 Å². The van der Waals surface area contributed by atoms with Crippen LogP contribution in [0.15, 0.2) is 0 Å². The fourth-order valence-corrected chi connectivity index (χ4v) is 0.394. The van der Waals surface area contributed by atoms with Crippen molar-refractivity contribution in [1.29, 1.82) is 0 Å². The van der Waals surface area contributed by atoms with Crippen molar-refractivity contribution in [2.75, 3.05) is 12.7 Å². The molecule has 0 aromatic carbocycles. The number of unbranched alkanes of at least 4 members (excludes halogenated alkanes) is 2. The highest BCUT2D eigenvalue weighted by Crippen LogP contribution is 1.88. The Morgan fingerprint density at radius 2 is 1.67 bits per heavy atom. The minimum Gasteiger partial charge on any atom is -0.330 e. The van der Waals surface area contributed by atoms with Gasteiger partial charge in [0.15, 0.2) is 0 Å². The van der Waals surface area contributed by atoms with Crippen LogP contribution in [0.5, 0.6) is 0 Å². The molecule has 0 radical (unpaired) electrons. The van der Waals surface area contributed by atoms with Crippen LogP contribution >= 0.6 is 9.24 Å². The van der Waals surface area contributed by atoms with Crippen molar-refractivity contribution in [3.05, 3.63) is 0 Å². The SMILES string of the molecule is CCCCCN.CCP. The number of hydrogen-bond acceptors (Lipinski definition) is 1. The summed E-state index contributed by atoms with van der Waals surface area (Å²) in [5.41, 5.74) is 5.21. The molecule has 2 heteroatoms. The molecule has 0 saturated heterocycles. The van der Waals surface area contributed by atoms with Gasteiger partial charge in [0.25, 0.3) is 0 Å². The van der Waals surface area contributed by atoms with E-state index in [4.69, 9.17) is 5.73 Å². The third-order valence-corrected chi connectivity index (χ3v) is 0.808. The van der Waals surface area contributed by atoms with Crippen molar-refractivity contribution in [3.63, 3.8) is 0 Å². The smallest absolute Gasteiger partial charge is 0.00773 e. The molecule has 1 atom stereocenters. The first-order valence-corrected chi connectivity index (χ1v) is 4.55. The van der Waals surface area contributed by atoms with Crippen LogP contribution in [0.2, 0.25) is 0 Å². The topological polar surface area (TPSA) is 26.0 Å². The van der Waals surface area contributed by atoms with Gasteiger partial charge in [0.05, 0.1) is 0 Å². The molecule has 0 aromatic heterocycles. The molecule has 0 rings (SSSR count). The van der Waals surface area contributed by atoms with E-state index in [1.807, 2.05) is 0 Å². The van der Waals surface area contributed by atoms with Crippen molar-refractivity contribution < 1.29 is 0 Å². The summed E-state index contributed by atoms with van der Waals surface area (Å²) in [5, 5.41) is 0. The summed E-state index contributed by atoms with van der Waals surface area (Å²) < 4.78 is 0. The van der Waals surface area contributed by atoms with Crippen LogP contribution in [0, 0.1) is 0 Å². The summed E-state index contributed by atoms with van der Waals surface area (Å²) in [7, 11) is 2.58. The molecule has 0 fully saturated rings. The Morgan fingerprint density at radius 1 is 1.22 bits per heavy atom. The van der Waals surface area contributed by atoms with Gasteiger partial charge in [-0.1, -0.05) is 26.7 Å². The molecule has 0 saturated carbocycles. The number of hydrogen-bond donors (Lipinski definition) is 1. The van der Waals surface area contributed by atoms with E-state index >= 15 is 0 Å². The minimum absolute atomic E-state index is 0.855. The first kappa shape index (κ1) is 12.1. The molecule has 0 amide bonds. The van der Waals surface area contributed by atoms with Crippen LogP contribution in [-0.4, -0.2) is 12.7 Å². The van der Waals surface area contributed by atoms with Crippen molar-refractivity contribution in [1.82, 2.24) is 0 Å². The normalized spacial score (nSPS) is 8.00. The Kier molecular flexibility index (Phi) is 21.2. The summed E-state index contributed by atoms with van der Waals surface area (Å²) in [6.45, 7) is 5.12. The van der Waals surface area contributed by atoms with Gasteiger partial charge in [-0.15, -0.1) is 9.24 Å². The molecule has 0 aliphatic carbocycles. The zero-order valence-electron chi connectivity index (χ0n) is 6.69. The van der Waals surface area contributed by atoms with E-state index < -0.39 is 0 Å². The van der Waals surface area contributed by atoms with Crippen molar-refractivity contribution >= 4 is 9.24 Å². The highest BCUT2D eigenvalue weighted by atomic mass is 31.0. The van der Waals surface area contributed by atoms with E-state index in [-0.39, 0.29) is 0 Å². The Labute approximate surface area is 61.6 Å². The van der Waals surface area contributed by atoms with Gasteiger partial charge >= 0.3 is 0 Å². The van der Waals surface area contributed by atoms with E-state index in [1.165, 1.54) is 25.4 Å². The lowest BCUT2D eigenvalue weighted by molar-refractivity contribution is 0.727. The zero-order chi connectivity index (χ0) is 7.54. The van der Waals surface area contributed by atoms with E-state index in [2.05, 4.69) is 23.1 Å². The van der Waals surface area contributed by atoms with E-state index in [0.717, 1.165) is 6.54 Å². The highest BCUT2D eigenvalue weighted by Gasteiger charge is 1.75. The Morgan fingerprint density at radius 3 is 1.78 bits per heavy atom. The molecule has 58 valence electrons. The lowest BCUT2D eigenvalue weighted by atomic mass is 10.3. The van der Waals surface area contributed by atoms with Crippen molar-refractivity contribution in [3.8, 4) is 0 Å². The maximum absolute atomic E-state index is 5.21. The lowest BCUT2D eigenvalue weighted by Crippen LogP contribution is -1.96. The Balaban J connectivity index is 0. The van der Waals surface area contributed by atoms with Gasteiger partial charge in [0.2, 0.25) is 0 Å². The molecule has 0 spiro atoms. The van der Waals surface area contributed by atoms with Crippen LogP contribution in [0.4, 0.5) is 0 Å². The third-order valence-electron chi connectivity index (χ3n) is 0.808. The Bertz CT molecular complexity index is 28.1. The predicted octanol–water partition coefficient (Wildman–Crippen LogP) is 2.02. The molecular weight excluding hydrogens is 129 g/mol. The quantitative estimate of drug-likeness (QED) is 0.482. The second-order valence-corrected chi connectivity index (χ2v) is 2.72. The van der Waals surface area contributed by atoms with E-state index in [1.54, 1.807) is 0 Å². The third kappa shape index (κ3) is 29.8. The monoisotopic (exact) mass is 149 g/mol. The highest BCUT2D eigenvalue weighted by molar-refractivity contribution is 7.16. The molecular formula is C7H20NP. The van der Waals surface area contributed by atoms with Gasteiger partial charge in [0.1, 0.15) is 0 Å². The van der Waals surface area contributed by atoms with Crippen LogP contribution in [0.25, 0.3) is 0 Å². The van der Waals surface area contributed by atoms with Gasteiger partial charge in [-0.2, -0.15) is 0 Å². The maximum Gasteiger partial charge on any atom is -0.00773 e. The van der Waals surface area contributed by atoms with Crippen LogP contribution in [0.3, 0.4) is 0 Å². The Hall–Kier alpha value is 0.390. The van der Waals surface area contributed by atoms with Crippen LogP contribution in [-0.2, 0) is 0 Å². The maximum atomic E-state index is 5.21. The molecule has 0 bridgehead atoms. The summed E-state index contributed by atoms with van der Waals surface area (Å²) >= 11 is 0. The first-order chi connectivity index (χ1) is 4.33. The molecule has 0 aliphatic rings. The zero-order valence-corrected chi connectivity index (χ0v) is 7.84. The van der Waals surface area contributed by atoms with Gasteiger partial charge in [-0.3, -0.25) is 0 Å².